The Bertz CT molecular complexity index is 1370. The average Bonchev–Trinajstić information content (AvgIpc) is 3.24. The summed E-state index contributed by atoms with van der Waals surface area (Å²) in [5.41, 5.74) is 2.63. The molecule has 0 aliphatic carbocycles. The van der Waals surface area contributed by atoms with E-state index in [-0.39, 0.29) is 24.8 Å². The van der Waals surface area contributed by atoms with Crippen molar-refractivity contribution in [3.8, 4) is 6.07 Å². The summed E-state index contributed by atoms with van der Waals surface area (Å²) in [6.07, 6.45) is 1.14. The van der Waals surface area contributed by atoms with E-state index in [4.69, 9.17) is 4.98 Å². The van der Waals surface area contributed by atoms with Crippen molar-refractivity contribution in [2.24, 2.45) is 5.92 Å². The molecule has 7 nitrogen and oxygen atoms in total. The van der Waals surface area contributed by atoms with E-state index in [9.17, 15) is 19.6 Å². The zero-order chi connectivity index (χ0) is 27.9. The van der Waals surface area contributed by atoms with Gasteiger partial charge in [-0.1, -0.05) is 81.1 Å². The Hall–Kier alpha value is -3.96. The number of carbonyl (C=O) groups excluding carboxylic acids is 3. The number of hydrogen-bond acceptors (Lipinski definition) is 6. The van der Waals surface area contributed by atoms with Crippen LogP contribution in [0.5, 0.6) is 0 Å². The number of aromatic nitrogens is 1. The highest BCUT2D eigenvalue weighted by Gasteiger charge is 2.45. The molecule has 1 aliphatic rings. The lowest BCUT2D eigenvalue weighted by Crippen LogP contribution is -2.48. The van der Waals surface area contributed by atoms with E-state index in [1.807, 2.05) is 49.4 Å². The van der Waals surface area contributed by atoms with Crippen LogP contribution in [0.2, 0.25) is 0 Å². The predicted molar refractivity (Wildman–Crippen MR) is 152 cm³/mol. The quantitative estimate of drug-likeness (QED) is 0.253. The molecule has 8 heteroatoms. The minimum atomic E-state index is -0.921. The molecule has 2 unspecified atom stereocenters. The van der Waals surface area contributed by atoms with Gasteiger partial charge in [-0.2, -0.15) is 5.26 Å². The van der Waals surface area contributed by atoms with Crippen molar-refractivity contribution in [3.63, 3.8) is 0 Å². The van der Waals surface area contributed by atoms with Crippen LogP contribution >= 0.6 is 11.8 Å². The number of rotatable bonds is 10. The van der Waals surface area contributed by atoms with Gasteiger partial charge in [-0.05, 0) is 48.6 Å². The Morgan fingerprint density at radius 1 is 1.08 bits per heavy atom. The monoisotopic (exact) mass is 540 g/mol. The summed E-state index contributed by atoms with van der Waals surface area (Å²) < 4.78 is 0. The number of nitriles is 1. The standard InChI is InChI=1S/C31H32N4O3S/c1-4-27(39-29-23(19-32)15-16-24(33-29)17-21(2)3)31(38)34(20-22-11-7-5-8-12-22)26-18-28(36)35(30(26)37)25-13-9-6-10-14-25/h5-16,21,26-27H,4,17-18,20H2,1-3H3. The maximum absolute atomic E-state index is 14.1. The lowest BCUT2D eigenvalue weighted by Gasteiger charge is -2.31. The highest BCUT2D eigenvalue weighted by Crippen LogP contribution is 2.32. The normalized spacial score (nSPS) is 15.9. The third-order valence-corrected chi connectivity index (χ3v) is 7.90. The molecule has 0 spiro atoms. The number of benzene rings is 2. The summed E-state index contributed by atoms with van der Waals surface area (Å²) in [5, 5.41) is 9.63. The van der Waals surface area contributed by atoms with Gasteiger partial charge < -0.3 is 4.90 Å². The van der Waals surface area contributed by atoms with Crippen LogP contribution in [0.15, 0.2) is 77.8 Å². The Morgan fingerprint density at radius 3 is 2.36 bits per heavy atom. The summed E-state index contributed by atoms with van der Waals surface area (Å²) in [7, 11) is 0. The maximum atomic E-state index is 14.1. The van der Waals surface area contributed by atoms with Gasteiger partial charge >= 0.3 is 0 Å². The number of thioether (sulfide) groups is 1. The van der Waals surface area contributed by atoms with Crippen LogP contribution in [0.1, 0.15) is 50.4 Å². The zero-order valence-electron chi connectivity index (χ0n) is 22.4. The molecule has 2 aromatic carbocycles. The van der Waals surface area contributed by atoms with Crippen LogP contribution in [0, 0.1) is 17.2 Å². The Labute approximate surface area is 233 Å². The first kappa shape index (κ1) is 28.1. The minimum absolute atomic E-state index is 0.0844. The summed E-state index contributed by atoms with van der Waals surface area (Å²) >= 11 is 1.25. The molecule has 4 rings (SSSR count). The summed E-state index contributed by atoms with van der Waals surface area (Å²) in [6, 6.07) is 23.1. The van der Waals surface area contributed by atoms with Crippen LogP contribution in [-0.4, -0.2) is 38.9 Å². The van der Waals surface area contributed by atoms with Crippen molar-refractivity contribution in [1.82, 2.24) is 9.88 Å². The lowest BCUT2D eigenvalue weighted by atomic mass is 10.1. The van der Waals surface area contributed by atoms with Crippen LogP contribution in [0.3, 0.4) is 0 Å². The van der Waals surface area contributed by atoms with Crippen LogP contribution < -0.4 is 4.90 Å². The second-order valence-electron chi connectivity index (χ2n) is 9.95. The van der Waals surface area contributed by atoms with Gasteiger partial charge in [0, 0.05) is 12.2 Å². The number of hydrogen-bond donors (Lipinski definition) is 0. The summed E-state index contributed by atoms with van der Waals surface area (Å²) in [5.74, 6) is -0.609. The van der Waals surface area contributed by atoms with E-state index < -0.39 is 17.2 Å². The largest absolute Gasteiger partial charge is 0.325 e. The topological polar surface area (TPSA) is 94.4 Å². The molecule has 200 valence electrons. The molecule has 3 aromatic rings. The summed E-state index contributed by atoms with van der Waals surface area (Å²) in [4.78, 5) is 48.2. The number of para-hydroxylation sites is 1. The third-order valence-electron chi connectivity index (χ3n) is 6.55. The van der Waals surface area contributed by atoms with Gasteiger partial charge in [-0.3, -0.25) is 14.4 Å². The molecule has 39 heavy (non-hydrogen) atoms. The Kier molecular flexibility index (Phi) is 9.15. The van der Waals surface area contributed by atoms with Crippen LogP contribution in [0.4, 0.5) is 5.69 Å². The molecule has 0 radical (unpaired) electrons. The number of pyridine rings is 1. The molecule has 1 aliphatic heterocycles. The number of imide groups is 1. The van der Waals surface area contributed by atoms with Gasteiger partial charge in [-0.25, -0.2) is 9.88 Å². The van der Waals surface area contributed by atoms with Crippen LogP contribution in [-0.2, 0) is 27.3 Å². The van der Waals surface area contributed by atoms with Crippen molar-refractivity contribution in [1.29, 1.82) is 5.26 Å². The van der Waals surface area contributed by atoms with Crippen molar-refractivity contribution >= 4 is 35.2 Å². The molecule has 3 amide bonds. The number of amides is 3. The van der Waals surface area contributed by atoms with E-state index in [1.54, 1.807) is 30.3 Å². The van der Waals surface area contributed by atoms with Gasteiger partial charge in [0.25, 0.3) is 5.91 Å². The SMILES string of the molecule is CCC(Sc1nc(CC(C)C)ccc1C#N)C(=O)N(Cc1ccccc1)C1CC(=O)N(c2ccccc2)C1=O. The molecule has 0 saturated carbocycles. The second-order valence-corrected chi connectivity index (χ2v) is 11.1. The highest BCUT2D eigenvalue weighted by molar-refractivity contribution is 8.00. The van der Waals surface area contributed by atoms with Crippen molar-refractivity contribution < 1.29 is 14.4 Å². The Balaban J connectivity index is 1.66. The minimum Gasteiger partial charge on any atom is -0.325 e. The van der Waals surface area contributed by atoms with Crippen molar-refractivity contribution in [3.05, 3.63) is 89.6 Å². The fourth-order valence-corrected chi connectivity index (χ4v) is 5.73. The number of anilines is 1. The Morgan fingerprint density at radius 2 is 1.74 bits per heavy atom. The molecule has 1 aromatic heterocycles. The second kappa shape index (κ2) is 12.7. The third kappa shape index (κ3) is 6.55. The highest BCUT2D eigenvalue weighted by atomic mass is 32.2. The fraction of sp³-hybridized carbons (Fsp3) is 0.323. The van der Waals surface area contributed by atoms with E-state index in [2.05, 4.69) is 19.9 Å². The average molecular weight is 541 g/mol. The van der Waals surface area contributed by atoms with Gasteiger partial charge in [0.1, 0.15) is 17.1 Å². The van der Waals surface area contributed by atoms with E-state index in [0.29, 0.717) is 28.6 Å². The van der Waals surface area contributed by atoms with Crippen LogP contribution in [0.25, 0.3) is 0 Å². The first-order valence-electron chi connectivity index (χ1n) is 13.1. The van der Waals surface area contributed by atoms with E-state index in [0.717, 1.165) is 17.7 Å². The lowest BCUT2D eigenvalue weighted by molar-refractivity contribution is -0.138. The predicted octanol–water partition coefficient (Wildman–Crippen LogP) is 5.38. The van der Waals surface area contributed by atoms with Gasteiger partial charge in [-0.15, -0.1) is 0 Å². The zero-order valence-corrected chi connectivity index (χ0v) is 23.2. The molecule has 2 heterocycles. The van der Waals surface area contributed by atoms with E-state index in [1.165, 1.54) is 21.6 Å². The van der Waals surface area contributed by atoms with Gasteiger partial charge in [0.2, 0.25) is 11.8 Å². The fourth-order valence-electron chi connectivity index (χ4n) is 4.64. The van der Waals surface area contributed by atoms with E-state index >= 15 is 0 Å². The smallest absolute Gasteiger partial charge is 0.257 e. The summed E-state index contributed by atoms with van der Waals surface area (Å²) in [6.45, 7) is 6.30. The molecular weight excluding hydrogens is 508 g/mol. The molecular formula is C31H32N4O3S. The number of carbonyl (C=O) groups is 3. The number of nitrogens with zero attached hydrogens (tertiary/aromatic N) is 4. The molecule has 0 bridgehead atoms. The van der Waals surface area contributed by atoms with Gasteiger partial charge in [0.05, 0.1) is 22.9 Å². The van der Waals surface area contributed by atoms with Gasteiger partial charge in [0.15, 0.2) is 0 Å². The first-order valence-corrected chi connectivity index (χ1v) is 14.0. The first-order chi connectivity index (χ1) is 18.8. The van der Waals surface area contributed by atoms with Crippen molar-refractivity contribution in [2.45, 2.75) is 62.9 Å². The maximum Gasteiger partial charge on any atom is 0.257 e. The molecule has 0 N–H and O–H groups in total. The molecule has 2 atom stereocenters. The van der Waals surface area contributed by atoms with Crippen molar-refractivity contribution in [2.75, 3.05) is 4.90 Å². The molecule has 1 saturated heterocycles. The molecule has 1 fully saturated rings.